The summed E-state index contributed by atoms with van der Waals surface area (Å²) in [5, 5.41) is 0. The molecule has 3 unspecified atom stereocenters. The fourth-order valence-corrected chi connectivity index (χ4v) is 10.1. The van der Waals surface area contributed by atoms with Gasteiger partial charge in [-0.1, -0.05) is 159 Å². The van der Waals surface area contributed by atoms with Gasteiger partial charge in [0, 0.05) is 31.8 Å². The maximum atomic E-state index is 12.9. The zero-order valence-corrected chi connectivity index (χ0v) is 32.6. The Hall–Kier alpha value is -6.52. The van der Waals surface area contributed by atoms with Crippen LogP contribution in [0.1, 0.15) is 65.0 Å². The second-order valence-corrected chi connectivity index (χ2v) is 15.8. The molecule has 3 aliphatic rings. The maximum absolute atomic E-state index is 12.9. The second-order valence-electron chi connectivity index (χ2n) is 15.8. The highest BCUT2D eigenvalue weighted by Crippen LogP contribution is 2.61. The smallest absolute Gasteiger partial charge is 0.295 e. The predicted molar refractivity (Wildman–Crippen MR) is 234 cm³/mol. The zero-order valence-electron chi connectivity index (χ0n) is 32.6. The fourth-order valence-electron chi connectivity index (χ4n) is 10.1. The molecule has 0 amide bonds. The van der Waals surface area contributed by atoms with Crippen molar-refractivity contribution >= 4 is 16.7 Å². The Bertz CT molecular complexity index is 2800. The van der Waals surface area contributed by atoms with Crippen LogP contribution < -0.4 is 5.69 Å². The van der Waals surface area contributed by atoms with Gasteiger partial charge in [0.15, 0.2) is 0 Å². The maximum Gasteiger partial charge on any atom is 0.328 e. The molecule has 7 aromatic rings. The van der Waals surface area contributed by atoms with Crippen LogP contribution in [0.2, 0.25) is 0 Å². The number of aryl methyl sites for hydroxylation is 2. The van der Waals surface area contributed by atoms with E-state index in [0.29, 0.717) is 0 Å². The van der Waals surface area contributed by atoms with Crippen LogP contribution in [0, 0.1) is 5.92 Å². The van der Waals surface area contributed by atoms with Crippen LogP contribution in [0.4, 0.5) is 0 Å². The summed E-state index contributed by atoms with van der Waals surface area (Å²) in [6.07, 6.45) is 9.25. The number of hydrogen-bond donors (Lipinski definition) is 0. The largest absolute Gasteiger partial charge is 0.328 e. The highest BCUT2D eigenvalue weighted by atomic mass is 16.1. The highest BCUT2D eigenvalue weighted by Gasteiger charge is 2.51. The molecule has 0 bridgehead atoms. The Labute approximate surface area is 334 Å². The van der Waals surface area contributed by atoms with Crippen LogP contribution in [-0.4, -0.2) is 14.8 Å². The first-order valence-corrected chi connectivity index (χ1v) is 20.2. The molecular weight excluding hydrogens is 695 g/mol. The lowest BCUT2D eigenvalue weighted by molar-refractivity contribution is 0.587. The van der Waals surface area contributed by atoms with Gasteiger partial charge in [-0.25, -0.2) is 4.79 Å². The van der Waals surface area contributed by atoms with Crippen LogP contribution in [0.15, 0.2) is 203 Å². The molecule has 57 heavy (non-hydrogen) atoms. The summed E-state index contributed by atoms with van der Waals surface area (Å²) >= 11 is 0. The lowest BCUT2D eigenvalue weighted by atomic mass is 9.65. The van der Waals surface area contributed by atoms with Gasteiger partial charge in [0.1, 0.15) is 0 Å². The minimum Gasteiger partial charge on any atom is -0.295 e. The fraction of sp³-hybridized carbons (Fsp3) is 0.170. The van der Waals surface area contributed by atoms with Crippen LogP contribution in [-0.2, 0) is 19.5 Å². The highest BCUT2D eigenvalue weighted by molar-refractivity contribution is 6.04. The molecule has 10 rings (SSSR count). The summed E-state index contributed by atoms with van der Waals surface area (Å²) in [6.45, 7) is 2.29. The Balaban J connectivity index is 1.19. The molecule has 3 atom stereocenters. The third kappa shape index (κ3) is 5.49. The van der Waals surface area contributed by atoms with E-state index in [-0.39, 0.29) is 23.4 Å². The quantitative estimate of drug-likeness (QED) is 0.160. The Morgan fingerprint density at radius 1 is 0.667 bits per heavy atom. The molecule has 2 aliphatic carbocycles. The monoisotopic (exact) mass is 739 g/mol. The number of hydrogen-bond acceptors (Lipinski definition) is 2. The molecule has 278 valence electrons. The van der Waals surface area contributed by atoms with Crippen LogP contribution in [0.25, 0.3) is 22.2 Å². The van der Waals surface area contributed by atoms with Crippen molar-refractivity contribution in [3.05, 3.63) is 237 Å². The normalized spacial score (nSPS) is 19.6. The molecule has 1 aromatic heterocycles. The van der Waals surface area contributed by atoms with Crippen molar-refractivity contribution < 1.29 is 0 Å². The summed E-state index contributed by atoms with van der Waals surface area (Å²) in [6, 6.07) is 57.4. The predicted octanol–water partition coefficient (Wildman–Crippen LogP) is 11.4. The summed E-state index contributed by atoms with van der Waals surface area (Å²) < 4.78 is 3.46. The molecule has 6 aromatic carbocycles. The second kappa shape index (κ2) is 13.9. The van der Waals surface area contributed by atoms with Gasteiger partial charge in [-0.15, -0.1) is 0 Å². The van der Waals surface area contributed by atoms with E-state index in [2.05, 4.69) is 183 Å². The Morgan fingerprint density at radius 2 is 1.26 bits per heavy atom. The van der Waals surface area contributed by atoms with Crippen molar-refractivity contribution in [3.8, 4) is 11.1 Å². The summed E-state index contributed by atoms with van der Waals surface area (Å²) in [5.41, 5.74) is 16.0. The molecule has 4 nitrogen and oxygen atoms in total. The average Bonchev–Trinajstić information content (AvgIpc) is 3.69. The number of fused-ring (bicyclic) bond motifs is 4. The van der Waals surface area contributed by atoms with E-state index in [0.717, 1.165) is 46.4 Å². The molecule has 0 N–H and O–H groups in total. The van der Waals surface area contributed by atoms with E-state index in [4.69, 9.17) is 4.99 Å². The number of nitrogens with zero attached hydrogens (tertiary/aromatic N) is 3. The van der Waals surface area contributed by atoms with Gasteiger partial charge < -0.3 is 0 Å². The Kier molecular flexibility index (Phi) is 8.52. The zero-order chi connectivity index (χ0) is 38.7. The number of allylic oxidation sites excluding steroid dienone is 4. The number of aliphatic imine (C=N–C) groups is 1. The molecular formula is C53H45N3O. The van der Waals surface area contributed by atoms with Crippen molar-refractivity contribution in [2.45, 2.75) is 37.0 Å². The van der Waals surface area contributed by atoms with Crippen molar-refractivity contribution in [2.24, 2.45) is 25.0 Å². The van der Waals surface area contributed by atoms with Gasteiger partial charge >= 0.3 is 5.69 Å². The third-order valence-electron chi connectivity index (χ3n) is 12.9. The summed E-state index contributed by atoms with van der Waals surface area (Å²) in [4.78, 5) is 18.5. The van der Waals surface area contributed by atoms with Gasteiger partial charge in [0.25, 0.3) is 0 Å². The molecule has 0 saturated heterocycles. The Morgan fingerprint density at radius 3 is 1.93 bits per heavy atom. The molecule has 4 heteroatoms. The lowest BCUT2D eigenvalue weighted by Gasteiger charge is -2.37. The molecule has 2 heterocycles. The molecule has 1 aliphatic heterocycles. The minimum atomic E-state index is -0.534. The topological polar surface area (TPSA) is 39.3 Å². The van der Waals surface area contributed by atoms with Crippen LogP contribution in [0.5, 0.6) is 0 Å². The van der Waals surface area contributed by atoms with Gasteiger partial charge in [-0.2, -0.15) is 0 Å². The van der Waals surface area contributed by atoms with Crippen LogP contribution in [0.3, 0.4) is 0 Å². The van der Waals surface area contributed by atoms with E-state index in [1.165, 1.54) is 44.5 Å². The van der Waals surface area contributed by atoms with Crippen molar-refractivity contribution in [3.63, 3.8) is 0 Å². The third-order valence-corrected chi connectivity index (χ3v) is 12.9. The van der Waals surface area contributed by atoms with E-state index in [1.807, 2.05) is 14.1 Å². The summed E-state index contributed by atoms with van der Waals surface area (Å²) in [7, 11) is 3.69. The number of imidazole rings is 1. The number of rotatable bonds is 7. The van der Waals surface area contributed by atoms with Gasteiger partial charge in [0.2, 0.25) is 0 Å². The lowest BCUT2D eigenvalue weighted by Crippen LogP contribution is -2.30. The first-order valence-electron chi connectivity index (χ1n) is 20.2. The average molecular weight is 740 g/mol. The van der Waals surface area contributed by atoms with Crippen molar-refractivity contribution in [1.29, 1.82) is 0 Å². The van der Waals surface area contributed by atoms with Crippen LogP contribution >= 0.6 is 0 Å². The summed E-state index contributed by atoms with van der Waals surface area (Å²) in [5.74, 6) is 0.668. The molecule has 0 saturated carbocycles. The van der Waals surface area contributed by atoms with Gasteiger partial charge in [0.05, 0.1) is 27.9 Å². The van der Waals surface area contributed by atoms with Gasteiger partial charge in [-0.05, 0) is 92.8 Å². The van der Waals surface area contributed by atoms with E-state index >= 15 is 0 Å². The van der Waals surface area contributed by atoms with Gasteiger partial charge in [-0.3, -0.25) is 14.1 Å². The number of aromatic nitrogens is 2. The minimum absolute atomic E-state index is 0.0174. The first-order chi connectivity index (χ1) is 28.0. The van der Waals surface area contributed by atoms with Crippen molar-refractivity contribution in [2.75, 3.05) is 0 Å². The van der Waals surface area contributed by atoms with E-state index < -0.39 is 5.41 Å². The van der Waals surface area contributed by atoms with E-state index in [9.17, 15) is 4.79 Å². The molecule has 0 spiro atoms. The molecule has 0 radical (unpaired) electrons. The first kappa shape index (κ1) is 34.9. The molecule has 0 fully saturated rings. The SMILES string of the molecule is CCC1C(c2ccccc2)=NC(C2=CCC3C(=C2)C(c2ccccc2)(c2ccccc2)c2cc(-c4ccc5c(c4)n(C)c(=O)n5C)ccc23)=CC1c1ccccc1. The van der Waals surface area contributed by atoms with E-state index in [1.54, 1.807) is 9.13 Å². The standard InChI is InChI=1S/C53H45N3O/c1-4-42-45(35-17-9-5-10-18-35)34-48(54-51(42)36-19-11-6-12-20-36)39-26-29-44-43-28-25-37(38-27-30-49-50(33-38)56(3)52(57)55(49)2)31-46(43)53(47(44)32-39,40-21-13-7-14-22-40)41-23-15-8-16-24-41/h5-28,30-34,42,44-45H,4,29H2,1-3H3. The van der Waals surface area contributed by atoms with Crippen molar-refractivity contribution in [1.82, 2.24) is 9.13 Å². The number of benzene rings is 6.